The maximum Gasteiger partial charge on any atom is 0.233 e. The molecular formula is C20H23FN2O2S2. The lowest BCUT2D eigenvalue weighted by Crippen LogP contribution is -2.44. The van der Waals surface area contributed by atoms with Crippen molar-refractivity contribution in [2.75, 3.05) is 12.8 Å². The fraction of sp³-hybridized carbons (Fsp3) is 0.300. The highest BCUT2D eigenvalue weighted by Crippen LogP contribution is 2.36. The molecule has 3 rings (SSSR count). The van der Waals surface area contributed by atoms with E-state index in [-0.39, 0.29) is 11.3 Å². The number of halogens is 1. The highest BCUT2D eigenvalue weighted by Gasteiger charge is 2.34. The van der Waals surface area contributed by atoms with Crippen LogP contribution in [0.25, 0.3) is 0 Å². The van der Waals surface area contributed by atoms with Gasteiger partial charge in [0.15, 0.2) is 0 Å². The van der Waals surface area contributed by atoms with E-state index in [9.17, 15) is 12.8 Å². The van der Waals surface area contributed by atoms with E-state index in [1.54, 1.807) is 18.3 Å². The van der Waals surface area contributed by atoms with Gasteiger partial charge >= 0.3 is 0 Å². The summed E-state index contributed by atoms with van der Waals surface area (Å²) < 4.78 is 39.1. The minimum absolute atomic E-state index is 0.255. The van der Waals surface area contributed by atoms with Gasteiger partial charge < -0.3 is 0 Å². The van der Waals surface area contributed by atoms with E-state index in [4.69, 9.17) is 0 Å². The van der Waals surface area contributed by atoms with Crippen molar-refractivity contribution in [1.29, 1.82) is 0 Å². The monoisotopic (exact) mass is 406 g/mol. The number of sulfonamides is 1. The summed E-state index contributed by atoms with van der Waals surface area (Å²) >= 11 is 1.54. The Labute approximate surface area is 164 Å². The quantitative estimate of drug-likeness (QED) is 0.696. The molecule has 7 heteroatoms. The molecule has 0 amide bonds. The molecule has 0 radical (unpaired) electrons. The van der Waals surface area contributed by atoms with Gasteiger partial charge in [0.1, 0.15) is 11.3 Å². The third kappa shape index (κ3) is 5.34. The summed E-state index contributed by atoms with van der Waals surface area (Å²) in [6.45, 7) is 3.21. The topological polar surface area (TPSA) is 40.6 Å². The average molecular weight is 407 g/mol. The van der Waals surface area contributed by atoms with Gasteiger partial charge in [-0.25, -0.2) is 17.1 Å². The number of allylic oxidation sites excluding steroid dienone is 1. The zero-order valence-electron chi connectivity index (χ0n) is 15.4. The number of hydrogen-bond acceptors (Lipinski definition) is 4. The fourth-order valence-corrected chi connectivity index (χ4v) is 5.47. The second-order valence-electron chi connectivity index (χ2n) is 6.61. The molecule has 0 saturated carbocycles. The first kappa shape index (κ1) is 19.9. The van der Waals surface area contributed by atoms with Crippen LogP contribution in [-0.2, 0) is 23.0 Å². The predicted octanol–water partition coefficient (Wildman–Crippen LogP) is 4.02. The van der Waals surface area contributed by atoms with Gasteiger partial charge in [-0.1, -0.05) is 54.2 Å². The SMILES string of the molecule is CC1=CN(S(C)(=O)=O)C(N(CCc2ccc(F)cc2)Cc2ccccc2)S1. The molecule has 1 unspecified atom stereocenters. The first-order chi connectivity index (χ1) is 12.8. The lowest BCUT2D eigenvalue weighted by atomic mass is 10.1. The Morgan fingerprint density at radius 2 is 1.74 bits per heavy atom. The van der Waals surface area contributed by atoms with Gasteiger partial charge in [-0.05, 0) is 36.6 Å². The third-order valence-corrected chi connectivity index (χ3v) is 6.76. The van der Waals surface area contributed by atoms with Gasteiger partial charge in [0, 0.05) is 24.2 Å². The molecule has 1 atom stereocenters. The molecule has 1 heterocycles. The van der Waals surface area contributed by atoms with E-state index in [0.29, 0.717) is 19.5 Å². The minimum atomic E-state index is -3.37. The number of hydrogen-bond donors (Lipinski definition) is 0. The van der Waals surface area contributed by atoms with Crippen LogP contribution in [0.3, 0.4) is 0 Å². The molecule has 1 aliphatic rings. The lowest BCUT2D eigenvalue weighted by Gasteiger charge is -2.34. The molecule has 0 aromatic heterocycles. The number of thioether (sulfide) groups is 1. The van der Waals surface area contributed by atoms with Crippen LogP contribution in [-0.4, -0.2) is 35.9 Å². The first-order valence-electron chi connectivity index (χ1n) is 8.69. The standard InChI is InChI=1S/C20H23FN2O2S2/c1-16-14-23(27(2,24)25)20(26-16)22(15-18-6-4-3-5-7-18)13-12-17-8-10-19(21)11-9-17/h3-11,14,20H,12-13,15H2,1-2H3. The van der Waals surface area contributed by atoms with Crippen molar-refractivity contribution < 1.29 is 12.8 Å². The van der Waals surface area contributed by atoms with E-state index in [1.165, 1.54) is 34.5 Å². The van der Waals surface area contributed by atoms with Crippen molar-refractivity contribution in [3.63, 3.8) is 0 Å². The van der Waals surface area contributed by atoms with Crippen LogP contribution in [0.2, 0.25) is 0 Å². The summed E-state index contributed by atoms with van der Waals surface area (Å²) in [5.74, 6) is -0.255. The molecule has 144 valence electrons. The van der Waals surface area contributed by atoms with Gasteiger partial charge in [0.05, 0.1) is 6.26 Å². The molecule has 2 aromatic rings. The van der Waals surface area contributed by atoms with Crippen molar-refractivity contribution in [3.05, 3.63) is 82.6 Å². The van der Waals surface area contributed by atoms with E-state index in [1.807, 2.05) is 37.3 Å². The molecule has 0 aliphatic carbocycles. The molecule has 0 saturated heterocycles. The Bertz CT molecular complexity index is 899. The van der Waals surface area contributed by atoms with Crippen molar-refractivity contribution >= 4 is 21.8 Å². The van der Waals surface area contributed by atoms with Crippen LogP contribution in [0.4, 0.5) is 4.39 Å². The summed E-state index contributed by atoms with van der Waals surface area (Å²) in [6.07, 6.45) is 3.64. The van der Waals surface area contributed by atoms with Crippen LogP contribution >= 0.6 is 11.8 Å². The van der Waals surface area contributed by atoms with Crippen molar-refractivity contribution in [2.24, 2.45) is 0 Å². The van der Waals surface area contributed by atoms with Crippen molar-refractivity contribution in [3.8, 4) is 0 Å². The molecule has 2 aromatic carbocycles. The van der Waals surface area contributed by atoms with Crippen LogP contribution in [0.1, 0.15) is 18.1 Å². The Balaban J connectivity index is 1.81. The highest BCUT2D eigenvalue weighted by molar-refractivity contribution is 8.04. The summed E-state index contributed by atoms with van der Waals surface area (Å²) in [7, 11) is -3.37. The van der Waals surface area contributed by atoms with Crippen molar-refractivity contribution in [2.45, 2.75) is 25.4 Å². The summed E-state index contributed by atoms with van der Waals surface area (Å²) in [4.78, 5) is 3.11. The van der Waals surface area contributed by atoms with Crippen LogP contribution in [0, 0.1) is 5.82 Å². The van der Waals surface area contributed by atoms with Gasteiger partial charge in [-0.3, -0.25) is 4.90 Å². The third-order valence-electron chi connectivity index (χ3n) is 4.34. The average Bonchev–Trinajstić information content (AvgIpc) is 3.03. The number of nitrogens with zero attached hydrogens (tertiary/aromatic N) is 2. The first-order valence-corrected chi connectivity index (χ1v) is 11.4. The van der Waals surface area contributed by atoms with Crippen molar-refractivity contribution in [1.82, 2.24) is 9.21 Å². The molecule has 0 spiro atoms. The maximum absolute atomic E-state index is 13.2. The zero-order valence-corrected chi connectivity index (χ0v) is 17.0. The largest absolute Gasteiger partial charge is 0.269 e. The van der Waals surface area contributed by atoms with E-state index in [2.05, 4.69) is 4.90 Å². The van der Waals surface area contributed by atoms with Gasteiger partial charge in [0.25, 0.3) is 0 Å². The molecule has 0 bridgehead atoms. The van der Waals surface area contributed by atoms with E-state index < -0.39 is 10.0 Å². The second kappa shape index (κ2) is 8.46. The molecule has 27 heavy (non-hydrogen) atoms. The number of benzene rings is 2. The van der Waals surface area contributed by atoms with Crippen LogP contribution in [0.15, 0.2) is 65.7 Å². The lowest BCUT2D eigenvalue weighted by molar-refractivity contribution is 0.190. The smallest absolute Gasteiger partial charge is 0.233 e. The predicted molar refractivity (Wildman–Crippen MR) is 109 cm³/mol. The molecular weight excluding hydrogens is 383 g/mol. The number of rotatable bonds is 7. The molecule has 4 nitrogen and oxygen atoms in total. The summed E-state index contributed by atoms with van der Waals surface area (Å²) in [6, 6.07) is 16.5. The molecule has 0 fully saturated rings. The van der Waals surface area contributed by atoms with E-state index >= 15 is 0 Å². The summed E-state index contributed by atoms with van der Waals surface area (Å²) in [5, 5.41) is 0. The Hall–Kier alpha value is -1.83. The zero-order chi connectivity index (χ0) is 19.4. The maximum atomic E-state index is 13.2. The van der Waals surface area contributed by atoms with Gasteiger partial charge in [-0.15, -0.1) is 0 Å². The Morgan fingerprint density at radius 3 is 2.37 bits per heavy atom. The minimum Gasteiger partial charge on any atom is -0.269 e. The van der Waals surface area contributed by atoms with E-state index in [0.717, 1.165) is 16.0 Å². The second-order valence-corrected chi connectivity index (χ2v) is 9.80. The van der Waals surface area contributed by atoms with Crippen LogP contribution in [0.5, 0.6) is 0 Å². The van der Waals surface area contributed by atoms with Crippen LogP contribution < -0.4 is 0 Å². The normalized spacial score (nSPS) is 17.4. The van der Waals surface area contributed by atoms with Gasteiger partial charge in [0.2, 0.25) is 10.0 Å². The highest BCUT2D eigenvalue weighted by atomic mass is 32.2. The van der Waals surface area contributed by atoms with Gasteiger partial charge in [-0.2, -0.15) is 0 Å². The fourth-order valence-electron chi connectivity index (χ4n) is 3.00. The Morgan fingerprint density at radius 1 is 1.07 bits per heavy atom. The Kier molecular flexibility index (Phi) is 6.24. The summed E-state index contributed by atoms with van der Waals surface area (Å²) in [5.41, 5.74) is 1.82. The molecule has 0 N–H and O–H groups in total. The molecule has 1 aliphatic heterocycles.